The highest BCUT2D eigenvalue weighted by atomic mass is 32.2. The number of nitrogens with one attached hydrogen (secondary N) is 1. The number of carbonyl (C=O) groups excluding carboxylic acids is 1. The summed E-state index contributed by atoms with van der Waals surface area (Å²) >= 11 is 1.46. The molecule has 0 fully saturated rings. The first-order valence-electron chi connectivity index (χ1n) is 5.75. The van der Waals surface area contributed by atoms with Crippen LogP contribution >= 0.6 is 11.8 Å². The highest BCUT2D eigenvalue weighted by Gasteiger charge is 2.15. The van der Waals surface area contributed by atoms with Crippen molar-refractivity contribution in [3.8, 4) is 0 Å². The van der Waals surface area contributed by atoms with E-state index in [2.05, 4.69) is 5.32 Å². The maximum absolute atomic E-state index is 11.3. The largest absolute Gasteiger partial charge is 0.480 e. The van der Waals surface area contributed by atoms with Gasteiger partial charge in [-0.25, -0.2) is 4.79 Å². The smallest absolute Gasteiger partial charge is 0.407 e. The van der Waals surface area contributed by atoms with Crippen molar-refractivity contribution in [2.75, 3.05) is 18.1 Å². The minimum Gasteiger partial charge on any atom is -0.480 e. The molecule has 0 aromatic rings. The first kappa shape index (κ1) is 17.1. The number of alkyl carbamates (subject to hydrolysis) is 1. The molecule has 0 bridgehead atoms. The Kier molecular flexibility index (Phi) is 7.77. The van der Waals surface area contributed by atoms with Crippen molar-refractivity contribution in [1.29, 1.82) is 0 Å². The zero-order valence-electron chi connectivity index (χ0n) is 11.1. The molecule has 0 aliphatic carbocycles. The number of carboxylic acid groups (broad SMARTS) is 1. The van der Waals surface area contributed by atoms with E-state index in [4.69, 9.17) is 15.6 Å². The van der Waals surface area contributed by atoms with Gasteiger partial charge in [-0.05, 0) is 32.9 Å². The Balaban J connectivity index is 3.46. The van der Waals surface area contributed by atoms with Crippen LogP contribution in [-0.4, -0.2) is 46.9 Å². The Morgan fingerprint density at radius 2 is 2.06 bits per heavy atom. The highest BCUT2D eigenvalue weighted by Crippen LogP contribution is 2.07. The van der Waals surface area contributed by atoms with Gasteiger partial charge in [0.2, 0.25) is 0 Å². The molecular weight excluding hydrogens is 256 g/mol. The van der Waals surface area contributed by atoms with Crippen molar-refractivity contribution in [2.45, 2.75) is 38.8 Å². The molecule has 0 aromatic carbocycles. The minimum atomic E-state index is -0.991. The number of rotatable bonds is 7. The van der Waals surface area contributed by atoms with Crippen LogP contribution in [0.25, 0.3) is 0 Å². The Hall–Kier alpha value is -0.950. The molecule has 1 atom stereocenters. The van der Waals surface area contributed by atoms with E-state index in [1.807, 2.05) is 0 Å². The first-order valence-corrected chi connectivity index (χ1v) is 6.91. The molecule has 0 unspecified atom stereocenters. The van der Waals surface area contributed by atoms with Crippen molar-refractivity contribution in [3.05, 3.63) is 0 Å². The second-order valence-corrected chi connectivity index (χ2v) is 5.95. The van der Waals surface area contributed by atoms with E-state index in [0.717, 1.165) is 12.2 Å². The second kappa shape index (κ2) is 8.20. The van der Waals surface area contributed by atoms with Crippen LogP contribution in [0.1, 0.15) is 27.2 Å². The fraction of sp³-hybridized carbons (Fsp3) is 0.818. The van der Waals surface area contributed by atoms with Gasteiger partial charge >= 0.3 is 12.1 Å². The molecule has 7 heteroatoms. The molecule has 0 radical (unpaired) electrons. The Labute approximate surface area is 112 Å². The van der Waals surface area contributed by atoms with Crippen LogP contribution in [0.15, 0.2) is 0 Å². The van der Waals surface area contributed by atoms with Crippen molar-refractivity contribution in [3.63, 3.8) is 0 Å². The molecule has 0 saturated carbocycles. The summed E-state index contributed by atoms with van der Waals surface area (Å²) < 4.78 is 5.06. The number of aliphatic carboxylic acids is 1. The molecule has 0 heterocycles. The predicted molar refractivity (Wildman–Crippen MR) is 71.8 cm³/mol. The highest BCUT2D eigenvalue weighted by molar-refractivity contribution is 7.99. The number of hydrogen-bond donors (Lipinski definition) is 3. The van der Waals surface area contributed by atoms with E-state index < -0.39 is 23.7 Å². The average Bonchev–Trinajstić information content (AvgIpc) is 2.19. The van der Waals surface area contributed by atoms with E-state index in [1.54, 1.807) is 20.8 Å². The van der Waals surface area contributed by atoms with Crippen LogP contribution in [0.2, 0.25) is 0 Å². The lowest BCUT2D eigenvalue weighted by molar-refractivity contribution is -0.137. The van der Waals surface area contributed by atoms with Gasteiger partial charge in [0.05, 0.1) is 0 Å². The normalized spacial score (nSPS) is 12.9. The van der Waals surface area contributed by atoms with E-state index in [1.165, 1.54) is 11.8 Å². The Morgan fingerprint density at radius 1 is 1.44 bits per heavy atom. The van der Waals surface area contributed by atoms with Crippen LogP contribution in [0.3, 0.4) is 0 Å². The summed E-state index contributed by atoms with van der Waals surface area (Å²) in [6.45, 7) is 5.91. The van der Waals surface area contributed by atoms with E-state index in [9.17, 15) is 9.59 Å². The SMILES string of the molecule is CC(C)(C)OC(=O)NCCCSC[C@H](N)C(=O)O. The minimum absolute atomic E-state index is 0.377. The molecule has 0 aliphatic heterocycles. The summed E-state index contributed by atoms with van der Waals surface area (Å²) in [5.74, 6) is 0.132. The number of thioether (sulfide) groups is 1. The van der Waals surface area contributed by atoms with Gasteiger partial charge in [-0.15, -0.1) is 0 Å². The fourth-order valence-corrected chi connectivity index (χ4v) is 1.87. The topological polar surface area (TPSA) is 102 Å². The number of ether oxygens (including phenoxy) is 1. The third-order valence-corrected chi connectivity index (χ3v) is 2.92. The van der Waals surface area contributed by atoms with Gasteiger partial charge < -0.3 is 20.9 Å². The summed E-state index contributed by atoms with van der Waals surface area (Å²) in [5, 5.41) is 11.2. The standard InChI is InChI=1S/C11H22N2O4S/c1-11(2,3)17-10(16)13-5-4-6-18-7-8(12)9(14)15/h8H,4-7,12H2,1-3H3,(H,13,16)(H,14,15)/t8-/m0/s1. The zero-order chi connectivity index (χ0) is 14.2. The number of carboxylic acids is 1. The van der Waals surface area contributed by atoms with Gasteiger partial charge in [-0.3, -0.25) is 4.79 Å². The lowest BCUT2D eigenvalue weighted by Gasteiger charge is -2.19. The maximum Gasteiger partial charge on any atom is 0.407 e. The van der Waals surface area contributed by atoms with Gasteiger partial charge in [0.15, 0.2) is 0 Å². The Morgan fingerprint density at radius 3 is 2.56 bits per heavy atom. The quantitative estimate of drug-likeness (QED) is 0.602. The third kappa shape index (κ3) is 10.2. The van der Waals surface area contributed by atoms with Crippen LogP contribution in [0.4, 0.5) is 4.79 Å². The Bertz CT molecular complexity index is 279. The van der Waals surface area contributed by atoms with E-state index in [0.29, 0.717) is 12.3 Å². The predicted octanol–water partition coefficient (Wildman–Crippen LogP) is 1.05. The molecule has 0 aromatic heterocycles. The number of carbonyl (C=O) groups is 2. The molecule has 6 nitrogen and oxygen atoms in total. The summed E-state index contributed by atoms with van der Waals surface area (Å²) in [7, 11) is 0. The lowest BCUT2D eigenvalue weighted by Crippen LogP contribution is -2.33. The molecule has 0 saturated heterocycles. The van der Waals surface area contributed by atoms with Crippen LogP contribution in [0, 0.1) is 0 Å². The number of hydrogen-bond acceptors (Lipinski definition) is 5. The van der Waals surface area contributed by atoms with Crippen molar-refractivity contribution < 1.29 is 19.4 Å². The van der Waals surface area contributed by atoms with Gasteiger partial charge in [-0.2, -0.15) is 11.8 Å². The monoisotopic (exact) mass is 278 g/mol. The van der Waals surface area contributed by atoms with Crippen LogP contribution < -0.4 is 11.1 Å². The van der Waals surface area contributed by atoms with Crippen LogP contribution in [0.5, 0.6) is 0 Å². The van der Waals surface area contributed by atoms with Gasteiger partial charge in [0, 0.05) is 12.3 Å². The lowest BCUT2D eigenvalue weighted by atomic mass is 10.2. The van der Waals surface area contributed by atoms with Crippen molar-refractivity contribution >= 4 is 23.8 Å². The average molecular weight is 278 g/mol. The molecule has 106 valence electrons. The van der Waals surface area contributed by atoms with Crippen molar-refractivity contribution in [1.82, 2.24) is 5.32 Å². The summed E-state index contributed by atoms with van der Waals surface area (Å²) in [4.78, 5) is 21.7. The summed E-state index contributed by atoms with van der Waals surface area (Å²) in [6, 6.07) is -0.825. The number of nitrogens with two attached hydrogens (primary N) is 1. The molecule has 0 rings (SSSR count). The van der Waals surface area contributed by atoms with Gasteiger partial charge in [0.1, 0.15) is 11.6 Å². The molecule has 18 heavy (non-hydrogen) atoms. The molecule has 0 aliphatic rings. The van der Waals surface area contributed by atoms with Gasteiger partial charge in [-0.1, -0.05) is 0 Å². The zero-order valence-corrected chi connectivity index (χ0v) is 11.9. The maximum atomic E-state index is 11.3. The van der Waals surface area contributed by atoms with Crippen LogP contribution in [-0.2, 0) is 9.53 Å². The number of amides is 1. The molecule has 4 N–H and O–H groups in total. The second-order valence-electron chi connectivity index (χ2n) is 4.80. The molecule has 0 spiro atoms. The van der Waals surface area contributed by atoms with E-state index >= 15 is 0 Å². The van der Waals surface area contributed by atoms with Crippen molar-refractivity contribution in [2.24, 2.45) is 5.73 Å². The van der Waals surface area contributed by atoms with Gasteiger partial charge in [0.25, 0.3) is 0 Å². The molecular formula is C11H22N2O4S. The van der Waals surface area contributed by atoms with E-state index in [-0.39, 0.29) is 0 Å². The molecule has 1 amide bonds. The third-order valence-electron chi connectivity index (χ3n) is 1.75. The first-order chi connectivity index (χ1) is 8.22. The fourth-order valence-electron chi connectivity index (χ4n) is 0.960. The summed E-state index contributed by atoms with van der Waals surface area (Å²) in [5.41, 5.74) is 4.85. The summed E-state index contributed by atoms with van der Waals surface area (Å²) in [6.07, 6.45) is 0.311.